The third kappa shape index (κ3) is 6.57. The molecular formula is C31H38N2O6S. The third-order valence-corrected chi connectivity index (χ3v) is 9.26. The highest BCUT2D eigenvalue weighted by atomic mass is 32.2. The summed E-state index contributed by atoms with van der Waals surface area (Å²) in [7, 11) is -2.00. The second-order valence-corrected chi connectivity index (χ2v) is 12.3. The zero-order chi connectivity index (χ0) is 28.1. The van der Waals surface area contributed by atoms with Crippen LogP contribution in [-0.4, -0.2) is 57.4 Å². The Bertz CT molecular complexity index is 1350. The molecule has 2 N–H and O–H groups in total. The number of methoxy groups -OCH3 is 1. The van der Waals surface area contributed by atoms with Gasteiger partial charge < -0.3 is 19.3 Å². The highest BCUT2D eigenvalue weighted by Gasteiger charge is 2.40. The summed E-state index contributed by atoms with van der Waals surface area (Å²) >= 11 is 0. The molecule has 40 heavy (non-hydrogen) atoms. The van der Waals surface area contributed by atoms with Crippen molar-refractivity contribution in [3.8, 4) is 0 Å². The number of hydrogen-bond donors (Lipinski definition) is 2. The average Bonchev–Trinajstić information content (AvgIpc) is 3.41. The van der Waals surface area contributed by atoms with Crippen LogP contribution in [0.4, 0.5) is 5.69 Å². The van der Waals surface area contributed by atoms with Crippen LogP contribution < -0.4 is 4.72 Å². The number of aliphatic hydroxyl groups excluding tert-OH is 1. The Labute approximate surface area is 236 Å². The molecule has 5 atom stereocenters. The van der Waals surface area contributed by atoms with Gasteiger partial charge >= 0.3 is 0 Å². The molecule has 2 heterocycles. The first-order chi connectivity index (χ1) is 19.4. The summed E-state index contributed by atoms with van der Waals surface area (Å²) in [4.78, 5) is 2.64. The smallest absolute Gasteiger partial charge is 0.261 e. The average molecular weight is 567 g/mol. The first-order valence-electron chi connectivity index (χ1n) is 13.8. The van der Waals surface area contributed by atoms with Crippen LogP contribution in [0.5, 0.6) is 0 Å². The summed E-state index contributed by atoms with van der Waals surface area (Å²) in [6.07, 6.45) is 1.18. The fourth-order valence-electron chi connectivity index (χ4n) is 5.64. The van der Waals surface area contributed by atoms with Gasteiger partial charge in [-0.2, -0.15) is 0 Å². The summed E-state index contributed by atoms with van der Waals surface area (Å²) in [6.45, 7) is 4.57. The standard InChI is InChI=1S/C31H38N2O6S/c1-22-29(19-33-17-7-10-27(33)21-37-2)38-31(39-30(22)24-15-13-23(20-34)14-16-24)25-8-6-9-26(18-25)32-40(35,36)28-11-4-3-5-12-28/h3-6,8-9,11-16,18,22,27,29-32,34H,7,10,17,19-21H2,1-2H3. The van der Waals surface area contributed by atoms with Crippen molar-refractivity contribution < 1.29 is 27.7 Å². The number of rotatable bonds is 10. The minimum Gasteiger partial charge on any atom is -0.392 e. The van der Waals surface area contributed by atoms with Crippen molar-refractivity contribution in [3.05, 3.63) is 95.6 Å². The Balaban J connectivity index is 1.41. The molecule has 3 aromatic rings. The van der Waals surface area contributed by atoms with Gasteiger partial charge in [0.1, 0.15) is 0 Å². The molecule has 0 amide bonds. The van der Waals surface area contributed by atoms with Crippen molar-refractivity contribution in [2.45, 2.75) is 55.8 Å². The molecule has 0 aromatic heterocycles. The van der Waals surface area contributed by atoms with E-state index in [0.717, 1.165) is 42.6 Å². The van der Waals surface area contributed by atoms with Crippen LogP contribution in [0.15, 0.2) is 83.8 Å². The zero-order valence-electron chi connectivity index (χ0n) is 23.0. The van der Waals surface area contributed by atoms with Crippen molar-refractivity contribution in [2.24, 2.45) is 5.92 Å². The molecule has 8 nitrogen and oxygen atoms in total. The van der Waals surface area contributed by atoms with Crippen LogP contribution in [0, 0.1) is 5.92 Å². The van der Waals surface area contributed by atoms with E-state index < -0.39 is 16.3 Å². The predicted molar refractivity (Wildman–Crippen MR) is 153 cm³/mol. The fourth-order valence-corrected chi connectivity index (χ4v) is 6.71. The lowest BCUT2D eigenvalue weighted by Gasteiger charge is -2.43. The highest BCUT2D eigenvalue weighted by Crippen LogP contribution is 2.42. The molecule has 0 bridgehead atoms. The van der Waals surface area contributed by atoms with Gasteiger partial charge in [0, 0.05) is 36.9 Å². The molecule has 0 radical (unpaired) electrons. The summed E-state index contributed by atoms with van der Waals surface area (Å²) in [5, 5.41) is 9.52. The molecule has 2 aliphatic heterocycles. The van der Waals surface area contributed by atoms with E-state index in [1.165, 1.54) is 0 Å². The van der Waals surface area contributed by atoms with Crippen LogP contribution in [0.25, 0.3) is 0 Å². The second kappa shape index (κ2) is 12.8. The summed E-state index contributed by atoms with van der Waals surface area (Å²) < 4.78 is 47.2. The number of benzene rings is 3. The topological polar surface area (TPSA) is 97.3 Å². The lowest BCUT2D eigenvalue weighted by molar-refractivity contribution is -0.276. The Kier molecular flexibility index (Phi) is 9.20. The molecule has 9 heteroatoms. The molecule has 0 spiro atoms. The quantitative estimate of drug-likeness (QED) is 0.361. The SMILES string of the molecule is COCC1CCCN1CC1OC(c2cccc(NS(=O)(=O)c3ccccc3)c2)OC(c2ccc(CO)cc2)C1C. The van der Waals surface area contributed by atoms with E-state index in [0.29, 0.717) is 18.3 Å². The predicted octanol–water partition coefficient (Wildman–Crippen LogP) is 4.88. The van der Waals surface area contributed by atoms with Gasteiger partial charge in [0.05, 0.1) is 30.3 Å². The van der Waals surface area contributed by atoms with Gasteiger partial charge in [-0.25, -0.2) is 8.42 Å². The van der Waals surface area contributed by atoms with Crippen molar-refractivity contribution in [1.29, 1.82) is 0 Å². The van der Waals surface area contributed by atoms with E-state index in [1.807, 2.05) is 30.3 Å². The van der Waals surface area contributed by atoms with Gasteiger partial charge in [0.25, 0.3) is 10.0 Å². The van der Waals surface area contributed by atoms with E-state index in [1.54, 1.807) is 55.6 Å². The molecule has 2 fully saturated rings. The van der Waals surface area contributed by atoms with E-state index in [4.69, 9.17) is 14.2 Å². The van der Waals surface area contributed by atoms with E-state index in [-0.39, 0.29) is 29.6 Å². The van der Waals surface area contributed by atoms with Crippen LogP contribution in [-0.2, 0) is 30.8 Å². The normalized spacial score (nSPS) is 25.6. The fraction of sp³-hybridized carbons (Fsp3) is 0.419. The van der Waals surface area contributed by atoms with Gasteiger partial charge in [-0.3, -0.25) is 9.62 Å². The lowest BCUT2D eigenvalue weighted by atomic mass is 9.90. The van der Waals surface area contributed by atoms with Crippen LogP contribution in [0.1, 0.15) is 48.8 Å². The van der Waals surface area contributed by atoms with Gasteiger partial charge in [-0.15, -0.1) is 0 Å². The first kappa shape index (κ1) is 28.7. The maximum atomic E-state index is 12.9. The maximum absolute atomic E-state index is 12.9. The van der Waals surface area contributed by atoms with E-state index in [9.17, 15) is 13.5 Å². The van der Waals surface area contributed by atoms with Gasteiger partial charge in [-0.05, 0) is 54.8 Å². The van der Waals surface area contributed by atoms with Crippen LogP contribution in [0.2, 0.25) is 0 Å². The first-order valence-corrected chi connectivity index (χ1v) is 15.3. The minimum absolute atomic E-state index is 0.0166. The molecule has 2 aliphatic rings. The number of ether oxygens (including phenoxy) is 3. The zero-order valence-corrected chi connectivity index (χ0v) is 23.8. The van der Waals surface area contributed by atoms with Crippen molar-refractivity contribution in [1.82, 2.24) is 4.90 Å². The second-order valence-electron chi connectivity index (χ2n) is 10.6. The molecule has 2 saturated heterocycles. The molecule has 0 aliphatic carbocycles. The van der Waals surface area contributed by atoms with E-state index in [2.05, 4.69) is 16.5 Å². The Morgan fingerprint density at radius 2 is 1.77 bits per heavy atom. The highest BCUT2D eigenvalue weighted by molar-refractivity contribution is 7.92. The van der Waals surface area contributed by atoms with Crippen molar-refractivity contribution in [3.63, 3.8) is 0 Å². The van der Waals surface area contributed by atoms with Crippen LogP contribution >= 0.6 is 0 Å². The number of likely N-dealkylation sites (tertiary alicyclic amines) is 1. The van der Waals surface area contributed by atoms with Crippen molar-refractivity contribution in [2.75, 3.05) is 31.5 Å². The largest absolute Gasteiger partial charge is 0.392 e. The summed E-state index contributed by atoms with van der Waals surface area (Å²) in [6, 6.07) is 23.7. The molecule has 3 aromatic carbocycles. The number of nitrogens with one attached hydrogen (secondary N) is 1. The monoisotopic (exact) mass is 566 g/mol. The Morgan fingerprint density at radius 3 is 2.50 bits per heavy atom. The number of hydrogen-bond acceptors (Lipinski definition) is 7. The van der Waals surface area contributed by atoms with Gasteiger partial charge in [0.2, 0.25) is 0 Å². The molecule has 5 unspecified atom stereocenters. The number of nitrogens with zero attached hydrogens (tertiary/aromatic N) is 1. The van der Waals surface area contributed by atoms with Gasteiger partial charge in [-0.1, -0.05) is 61.5 Å². The number of anilines is 1. The molecule has 214 valence electrons. The van der Waals surface area contributed by atoms with E-state index >= 15 is 0 Å². The van der Waals surface area contributed by atoms with Gasteiger partial charge in [0.15, 0.2) is 6.29 Å². The minimum atomic E-state index is -3.74. The van der Waals surface area contributed by atoms with Crippen LogP contribution in [0.3, 0.4) is 0 Å². The molecular weight excluding hydrogens is 528 g/mol. The Hall–Kier alpha value is -2.79. The number of sulfonamides is 1. The summed E-state index contributed by atoms with van der Waals surface area (Å²) in [5.41, 5.74) is 3.03. The Morgan fingerprint density at radius 1 is 1.00 bits per heavy atom. The number of aliphatic hydroxyl groups is 1. The lowest BCUT2D eigenvalue weighted by Crippen LogP contribution is -2.46. The third-order valence-electron chi connectivity index (χ3n) is 7.86. The molecule has 0 saturated carbocycles. The molecule has 5 rings (SSSR count). The van der Waals surface area contributed by atoms with Crippen molar-refractivity contribution >= 4 is 15.7 Å². The maximum Gasteiger partial charge on any atom is 0.261 e. The summed E-state index contributed by atoms with van der Waals surface area (Å²) in [5.74, 6) is 0.0554.